The summed E-state index contributed by atoms with van der Waals surface area (Å²) in [7, 11) is 4.17. The van der Waals surface area contributed by atoms with Gasteiger partial charge < -0.3 is 15.5 Å². The second-order valence-electron chi connectivity index (χ2n) is 7.41. The van der Waals surface area contributed by atoms with Crippen molar-refractivity contribution in [2.75, 3.05) is 26.0 Å². The van der Waals surface area contributed by atoms with Gasteiger partial charge in [0.05, 0.1) is 0 Å². The average molecular weight is 365 g/mol. The van der Waals surface area contributed by atoms with Crippen LogP contribution >= 0.6 is 0 Å². The van der Waals surface area contributed by atoms with E-state index in [0.717, 1.165) is 12.8 Å². The largest absolute Gasteiger partial charge is 0.350 e. The SMILES string of the molecule is CN(C)C1(CNC(=O)c2ccc(NC(=O)c3ccccc3)cc2)CCCC1. The molecule has 0 spiro atoms. The minimum Gasteiger partial charge on any atom is -0.350 e. The molecule has 2 aromatic rings. The van der Waals surface area contributed by atoms with Crippen LogP contribution in [0.1, 0.15) is 46.4 Å². The first-order valence-corrected chi connectivity index (χ1v) is 9.42. The molecule has 1 fully saturated rings. The van der Waals surface area contributed by atoms with Gasteiger partial charge in [0.15, 0.2) is 0 Å². The normalized spacial score (nSPS) is 15.5. The van der Waals surface area contributed by atoms with Crippen molar-refractivity contribution in [1.29, 1.82) is 0 Å². The van der Waals surface area contributed by atoms with Crippen LogP contribution in [0, 0.1) is 0 Å². The Morgan fingerprint density at radius 2 is 1.48 bits per heavy atom. The second-order valence-corrected chi connectivity index (χ2v) is 7.41. The first-order chi connectivity index (χ1) is 13.0. The van der Waals surface area contributed by atoms with Crippen LogP contribution in [0.2, 0.25) is 0 Å². The van der Waals surface area contributed by atoms with Gasteiger partial charge in [-0.1, -0.05) is 31.0 Å². The predicted molar refractivity (Wildman–Crippen MR) is 108 cm³/mol. The molecular weight excluding hydrogens is 338 g/mol. The van der Waals surface area contributed by atoms with Gasteiger partial charge in [-0.25, -0.2) is 0 Å². The van der Waals surface area contributed by atoms with Gasteiger partial charge in [0.1, 0.15) is 0 Å². The lowest BCUT2D eigenvalue weighted by Crippen LogP contribution is -2.50. The molecule has 0 atom stereocenters. The lowest BCUT2D eigenvalue weighted by Gasteiger charge is -2.36. The Morgan fingerprint density at radius 3 is 2.07 bits per heavy atom. The van der Waals surface area contributed by atoms with E-state index in [1.54, 1.807) is 36.4 Å². The van der Waals surface area contributed by atoms with Crippen LogP contribution in [0.15, 0.2) is 54.6 Å². The molecular formula is C22H27N3O2. The molecule has 3 rings (SSSR count). The second kappa shape index (κ2) is 8.35. The Balaban J connectivity index is 1.58. The third-order valence-electron chi connectivity index (χ3n) is 5.50. The summed E-state index contributed by atoms with van der Waals surface area (Å²) in [6.07, 6.45) is 4.66. The van der Waals surface area contributed by atoms with Crippen molar-refractivity contribution in [2.24, 2.45) is 0 Å². The molecule has 2 aromatic carbocycles. The number of amides is 2. The Morgan fingerprint density at radius 1 is 0.889 bits per heavy atom. The Hall–Kier alpha value is -2.66. The Bertz CT molecular complexity index is 779. The van der Waals surface area contributed by atoms with E-state index in [-0.39, 0.29) is 17.4 Å². The molecule has 0 saturated heterocycles. The van der Waals surface area contributed by atoms with Crippen molar-refractivity contribution in [3.05, 3.63) is 65.7 Å². The maximum Gasteiger partial charge on any atom is 0.255 e. The molecule has 0 unspecified atom stereocenters. The summed E-state index contributed by atoms with van der Waals surface area (Å²) in [6, 6.07) is 16.1. The predicted octanol–water partition coefficient (Wildman–Crippen LogP) is 3.54. The number of rotatable bonds is 6. The van der Waals surface area contributed by atoms with Crippen LogP contribution < -0.4 is 10.6 Å². The molecule has 2 N–H and O–H groups in total. The Kier molecular flexibility index (Phi) is 5.91. The van der Waals surface area contributed by atoms with E-state index in [9.17, 15) is 9.59 Å². The maximum atomic E-state index is 12.5. The molecule has 0 bridgehead atoms. The average Bonchev–Trinajstić information content (AvgIpc) is 3.18. The van der Waals surface area contributed by atoms with Crippen LogP contribution in [0.25, 0.3) is 0 Å². The summed E-state index contributed by atoms with van der Waals surface area (Å²) >= 11 is 0. The van der Waals surface area contributed by atoms with Crippen molar-refractivity contribution in [3.8, 4) is 0 Å². The van der Waals surface area contributed by atoms with Gasteiger partial charge in [0.2, 0.25) is 0 Å². The Labute approximate surface area is 160 Å². The molecule has 0 radical (unpaired) electrons. The highest BCUT2D eigenvalue weighted by atomic mass is 16.2. The van der Waals surface area contributed by atoms with Gasteiger partial charge in [0.25, 0.3) is 11.8 Å². The zero-order valence-corrected chi connectivity index (χ0v) is 16.0. The molecule has 142 valence electrons. The minimum atomic E-state index is -0.165. The van der Waals surface area contributed by atoms with Gasteiger partial charge in [-0.3, -0.25) is 9.59 Å². The van der Waals surface area contributed by atoms with Crippen LogP contribution in [-0.2, 0) is 0 Å². The van der Waals surface area contributed by atoms with Crippen molar-refractivity contribution in [2.45, 2.75) is 31.2 Å². The van der Waals surface area contributed by atoms with Crippen molar-refractivity contribution < 1.29 is 9.59 Å². The monoisotopic (exact) mass is 365 g/mol. The summed E-state index contributed by atoms with van der Waals surface area (Å²) in [5, 5.41) is 5.93. The smallest absolute Gasteiger partial charge is 0.255 e. The zero-order valence-electron chi connectivity index (χ0n) is 16.0. The number of benzene rings is 2. The molecule has 2 amide bonds. The molecule has 0 heterocycles. The van der Waals surface area contributed by atoms with Crippen molar-refractivity contribution in [3.63, 3.8) is 0 Å². The molecule has 1 aliphatic rings. The highest BCUT2D eigenvalue weighted by Crippen LogP contribution is 2.33. The van der Waals surface area contributed by atoms with Crippen LogP contribution in [-0.4, -0.2) is 42.9 Å². The van der Waals surface area contributed by atoms with Gasteiger partial charge in [-0.2, -0.15) is 0 Å². The van der Waals surface area contributed by atoms with Crippen LogP contribution in [0.5, 0.6) is 0 Å². The van der Waals surface area contributed by atoms with E-state index in [1.165, 1.54) is 12.8 Å². The number of hydrogen-bond donors (Lipinski definition) is 2. The molecule has 1 saturated carbocycles. The molecule has 27 heavy (non-hydrogen) atoms. The van der Waals surface area contributed by atoms with Gasteiger partial charge in [-0.15, -0.1) is 0 Å². The molecule has 5 heteroatoms. The number of likely N-dealkylation sites (N-methyl/N-ethyl adjacent to an activating group) is 1. The molecule has 0 aliphatic heterocycles. The summed E-state index contributed by atoms with van der Waals surface area (Å²) in [6.45, 7) is 0.658. The highest BCUT2D eigenvalue weighted by Gasteiger charge is 2.36. The lowest BCUT2D eigenvalue weighted by molar-refractivity contribution is 0.0899. The number of carbonyl (C=O) groups is 2. The number of carbonyl (C=O) groups excluding carboxylic acids is 2. The highest BCUT2D eigenvalue weighted by molar-refractivity contribution is 6.04. The topological polar surface area (TPSA) is 61.4 Å². The minimum absolute atomic E-state index is 0.0687. The van der Waals surface area contributed by atoms with E-state index in [4.69, 9.17) is 0 Å². The first-order valence-electron chi connectivity index (χ1n) is 9.42. The lowest BCUT2D eigenvalue weighted by atomic mass is 9.96. The van der Waals surface area contributed by atoms with Crippen molar-refractivity contribution in [1.82, 2.24) is 10.2 Å². The third-order valence-corrected chi connectivity index (χ3v) is 5.50. The first kappa shape index (κ1) is 19.1. The summed E-state index contributed by atoms with van der Waals surface area (Å²) in [5.74, 6) is -0.244. The number of nitrogens with zero attached hydrogens (tertiary/aromatic N) is 1. The van der Waals surface area contributed by atoms with E-state index in [0.29, 0.717) is 23.4 Å². The zero-order chi connectivity index (χ0) is 19.3. The van der Waals surface area contributed by atoms with Crippen LogP contribution in [0.4, 0.5) is 5.69 Å². The van der Waals surface area contributed by atoms with E-state index < -0.39 is 0 Å². The van der Waals surface area contributed by atoms with Gasteiger partial charge >= 0.3 is 0 Å². The number of hydrogen-bond acceptors (Lipinski definition) is 3. The van der Waals surface area contributed by atoms with E-state index >= 15 is 0 Å². The number of nitrogens with one attached hydrogen (secondary N) is 2. The molecule has 0 aromatic heterocycles. The molecule has 5 nitrogen and oxygen atoms in total. The van der Waals surface area contributed by atoms with E-state index in [1.807, 2.05) is 18.2 Å². The van der Waals surface area contributed by atoms with Gasteiger partial charge in [-0.05, 0) is 63.3 Å². The standard InChI is InChI=1S/C22H27N3O2/c1-25(2)22(14-6-7-15-22)16-23-20(26)18-10-12-19(13-11-18)24-21(27)17-8-4-3-5-9-17/h3-5,8-13H,6-7,14-16H2,1-2H3,(H,23,26)(H,24,27). The fourth-order valence-corrected chi connectivity index (χ4v) is 3.66. The van der Waals surface area contributed by atoms with Crippen LogP contribution in [0.3, 0.4) is 0 Å². The van der Waals surface area contributed by atoms with E-state index in [2.05, 4.69) is 29.6 Å². The third kappa shape index (κ3) is 4.55. The van der Waals surface area contributed by atoms with Gasteiger partial charge in [0, 0.05) is 28.9 Å². The fraction of sp³-hybridized carbons (Fsp3) is 0.364. The van der Waals surface area contributed by atoms with Crippen molar-refractivity contribution >= 4 is 17.5 Å². The summed E-state index contributed by atoms with van der Waals surface area (Å²) in [4.78, 5) is 26.9. The molecule has 1 aliphatic carbocycles. The maximum absolute atomic E-state index is 12.5. The summed E-state index contributed by atoms with van der Waals surface area (Å²) in [5.41, 5.74) is 1.93. The number of anilines is 1. The quantitative estimate of drug-likeness (QED) is 0.823. The fourth-order valence-electron chi connectivity index (χ4n) is 3.66. The summed E-state index contributed by atoms with van der Waals surface area (Å²) < 4.78 is 0.